The highest BCUT2D eigenvalue weighted by Crippen LogP contribution is 1.78. The predicted octanol–water partition coefficient (Wildman–Crippen LogP) is 2.77. The highest BCUT2D eigenvalue weighted by molar-refractivity contribution is 5.65. The van der Waals surface area contributed by atoms with Crippen LogP contribution in [-0.2, 0) is 9.53 Å². The summed E-state index contributed by atoms with van der Waals surface area (Å²) in [5.41, 5.74) is 0. The Balaban J connectivity index is 0. The van der Waals surface area contributed by atoms with Gasteiger partial charge in [-0.1, -0.05) is 33.6 Å². The molecular formula is C9H20O2. The first kappa shape index (κ1) is 13.1. The smallest absolute Gasteiger partial charge is 0.302 e. The van der Waals surface area contributed by atoms with Crippen LogP contribution in [0.1, 0.15) is 47.0 Å². The number of unbranched alkanes of at least 4 members (excludes halogenated alkanes) is 1. The third kappa shape index (κ3) is 26.4. The van der Waals surface area contributed by atoms with Crippen molar-refractivity contribution in [2.75, 3.05) is 6.61 Å². The monoisotopic (exact) mass is 160 g/mol. The van der Waals surface area contributed by atoms with Crippen molar-refractivity contribution in [3.63, 3.8) is 0 Å². The Kier molecular flexibility index (Phi) is 14.5. The first-order valence-electron chi connectivity index (χ1n) is 4.32. The van der Waals surface area contributed by atoms with Crippen LogP contribution >= 0.6 is 0 Å². The molecule has 0 aromatic rings. The van der Waals surface area contributed by atoms with Gasteiger partial charge < -0.3 is 4.74 Å². The van der Waals surface area contributed by atoms with Gasteiger partial charge in [-0.3, -0.25) is 4.79 Å². The van der Waals surface area contributed by atoms with Crippen LogP contribution in [-0.4, -0.2) is 12.6 Å². The summed E-state index contributed by atoms with van der Waals surface area (Å²) in [7, 11) is 0. The molecule has 0 saturated heterocycles. The molecule has 0 fully saturated rings. The van der Waals surface area contributed by atoms with Gasteiger partial charge in [0.15, 0.2) is 0 Å². The molecule has 0 aliphatic carbocycles. The van der Waals surface area contributed by atoms with E-state index >= 15 is 0 Å². The molecule has 0 bridgehead atoms. The minimum atomic E-state index is -0.193. The van der Waals surface area contributed by atoms with Gasteiger partial charge in [0.05, 0.1) is 6.61 Å². The van der Waals surface area contributed by atoms with Crippen LogP contribution in [0.3, 0.4) is 0 Å². The number of carbonyl (C=O) groups excluding carboxylic acids is 1. The quantitative estimate of drug-likeness (QED) is 0.593. The molecule has 0 rings (SSSR count). The fraction of sp³-hybridized carbons (Fsp3) is 0.889. The molecule has 0 aromatic heterocycles. The van der Waals surface area contributed by atoms with Gasteiger partial charge in [0, 0.05) is 6.92 Å². The van der Waals surface area contributed by atoms with Crippen molar-refractivity contribution in [2.24, 2.45) is 0 Å². The number of rotatable bonds is 3. The van der Waals surface area contributed by atoms with Crippen LogP contribution in [0, 0.1) is 0 Å². The highest BCUT2D eigenvalue weighted by atomic mass is 16.5. The van der Waals surface area contributed by atoms with Gasteiger partial charge in [-0.2, -0.15) is 0 Å². The second-order valence-electron chi connectivity index (χ2n) is 2.34. The lowest BCUT2D eigenvalue weighted by atomic mass is 10.4. The molecule has 0 amide bonds. The average molecular weight is 160 g/mol. The van der Waals surface area contributed by atoms with E-state index in [0.29, 0.717) is 6.61 Å². The predicted molar refractivity (Wildman–Crippen MR) is 47.5 cm³/mol. The van der Waals surface area contributed by atoms with E-state index in [2.05, 4.69) is 18.6 Å². The van der Waals surface area contributed by atoms with Crippen LogP contribution in [0.25, 0.3) is 0 Å². The maximum atomic E-state index is 9.98. The van der Waals surface area contributed by atoms with Crippen LogP contribution in [0.2, 0.25) is 0 Å². The molecule has 2 heteroatoms. The Morgan fingerprint density at radius 2 is 1.55 bits per heavy atom. The zero-order chi connectivity index (χ0) is 9.11. The molecule has 0 aliphatic rings. The maximum Gasteiger partial charge on any atom is 0.302 e. The summed E-state index contributed by atoms with van der Waals surface area (Å²) >= 11 is 0. The Bertz CT molecular complexity index is 77.6. The maximum absolute atomic E-state index is 9.98. The van der Waals surface area contributed by atoms with Gasteiger partial charge in [0.2, 0.25) is 0 Å². The van der Waals surface area contributed by atoms with Crippen LogP contribution in [0.5, 0.6) is 0 Å². The fourth-order valence-electron chi connectivity index (χ4n) is 0.246. The van der Waals surface area contributed by atoms with Gasteiger partial charge >= 0.3 is 5.97 Å². The summed E-state index contributed by atoms with van der Waals surface area (Å²) in [6.45, 7) is 8.29. The van der Waals surface area contributed by atoms with Crippen molar-refractivity contribution in [1.29, 1.82) is 0 Å². The second-order valence-corrected chi connectivity index (χ2v) is 2.34. The minimum absolute atomic E-state index is 0.193. The first-order valence-corrected chi connectivity index (χ1v) is 4.32. The summed E-state index contributed by atoms with van der Waals surface area (Å²) in [6.07, 6.45) is 3.54. The van der Waals surface area contributed by atoms with E-state index in [4.69, 9.17) is 0 Å². The standard InChI is InChI=1S/C5H10O2.C4H10/c1-3-4-7-5(2)6;1-3-4-2/h3-4H2,1-2H3;3-4H2,1-2H3. The number of esters is 1. The largest absolute Gasteiger partial charge is 0.466 e. The van der Waals surface area contributed by atoms with Gasteiger partial charge in [-0.05, 0) is 6.42 Å². The molecular weight excluding hydrogens is 140 g/mol. The lowest BCUT2D eigenvalue weighted by Gasteiger charge is -1.93. The normalized spacial score (nSPS) is 8.00. The topological polar surface area (TPSA) is 26.3 Å². The van der Waals surface area contributed by atoms with E-state index < -0.39 is 0 Å². The second kappa shape index (κ2) is 12.2. The Morgan fingerprint density at radius 1 is 1.09 bits per heavy atom. The van der Waals surface area contributed by atoms with Crippen LogP contribution in [0.15, 0.2) is 0 Å². The van der Waals surface area contributed by atoms with E-state index in [1.807, 2.05) is 6.92 Å². The van der Waals surface area contributed by atoms with Gasteiger partial charge in [0.25, 0.3) is 0 Å². The van der Waals surface area contributed by atoms with Crippen molar-refractivity contribution < 1.29 is 9.53 Å². The van der Waals surface area contributed by atoms with E-state index in [0.717, 1.165) is 6.42 Å². The van der Waals surface area contributed by atoms with Crippen molar-refractivity contribution in [1.82, 2.24) is 0 Å². The molecule has 0 saturated carbocycles. The SMILES string of the molecule is CCCC.CCCOC(C)=O. The Labute approximate surface area is 69.9 Å². The molecule has 0 aromatic carbocycles. The summed E-state index contributed by atoms with van der Waals surface area (Å²) in [4.78, 5) is 9.98. The molecule has 0 radical (unpaired) electrons. The van der Waals surface area contributed by atoms with Crippen molar-refractivity contribution in [3.05, 3.63) is 0 Å². The highest BCUT2D eigenvalue weighted by Gasteiger charge is 1.85. The Hall–Kier alpha value is -0.530. The lowest BCUT2D eigenvalue weighted by molar-refractivity contribution is -0.140. The molecule has 0 atom stereocenters. The molecule has 11 heavy (non-hydrogen) atoms. The number of hydrogen-bond acceptors (Lipinski definition) is 2. The summed E-state index contributed by atoms with van der Waals surface area (Å²) in [5, 5.41) is 0. The third-order valence-electron chi connectivity index (χ3n) is 1.01. The average Bonchev–Trinajstić information content (AvgIpc) is 2.01. The van der Waals surface area contributed by atoms with Crippen molar-refractivity contribution in [3.8, 4) is 0 Å². The van der Waals surface area contributed by atoms with E-state index in [1.165, 1.54) is 19.8 Å². The third-order valence-corrected chi connectivity index (χ3v) is 1.01. The fourth-order valence-corrected chi connectivity index (χ4v) is 0.246. The molecule has 0 heterocycles. The van der Waals surface area contributed by atoms with E-state index in [1.54, 1.807) is 0 Å². The Morgan fingerprint density at radius 3 is 1.64 bits per heavy atom. The lowest BCUT2D eigenvalue weighted by Crippen LogP contribution is -1.98. The molecule has 2 nitrogen and oxygen atoms in total. The van der Waals surface area contributed by atoms with Crippen LogP contribution < -0.4 is 0 Å². The first-order chi connectivity index (χ1) is 5.18. The molecule has 0 unspecified atom stereocenters. The van der Waals surface area contributed by atoms with Gasteiger partial charge in [-0.15, -0.1) is 0 Å². The van der Waals surface area contributed by atoms with Crippen molar-refractivity contribution >= 4 is 5.97 Å². The minimum Gasteiger partial charge on any atom is -0.466 e. The zero-order valence-corrected chi connectivity index (χ0v) is 8.14. The molecule has 68 valence electrons. The van der Waals surface area contributed by atoms with Gasteiger partial charge in [0.1, 0.15) is 0 Å². The van der Waals surface area contributed by atoms with E-state index in [9.17, 15) is 4.79 Å². The number of carbonyl (C=O) groups is 1. The summed E-state index contributed by atoms with van der Waals surface area (Å²) < 4.78 is 4.55. The number of hydrogen-bond donors (Lipinski definition) is 0. The summed E-state index contributed by atoms with van der Waals surface area (Å²) in [5.74, 6) is -0.193. The van der Waals surface area contributed by atoms with Gasteiger partial charge in [-0.25, -0.2) is 0 Å². The zero-order valence-electron chi connectivity index (χ0n) is 8.14. The molecule has 0 spiro atoms. The van der Waals surface area contributed by atoms with Crippen molar-refractivity contribution in [2.45, 2.75) is 47.0 Å². The van der Waals surface area contributed by atoms with E-state index in [-0.39, 0.29) is 5.97 Å². The molecule has 0 aliphatic heterocycles. The number of ether oxygens (including phenoxy) is 1. The van der Waals surface area contributed by atoms with Crippen LogP contribution in [0.4, 0.5) is 0 Å². The molecule has 0 N–H and O–H groups in total. The summed E-state index contributed by atoms with van der Waals surface area (Å²) in [6, 6.07) is 0.